The average Bonchev–Trinajstić information content (AvgIpc) is 3.04. The Hall–Kier alpha value is -5.14. The Bertz CT molecular complexity index is 1860. The first kappa shape index (κ1) is 42.0. The number of carbonyl (C=O) groups is 2. The molecular formula is C38H51N3O10. The summed E-state index contributed by atoms with van der Waals surface area (Å²) in [5.41, 5.74) is 6.97. The highest BCUT2D eigenvalue weighted by molar-refractivity contribution is 5.92. The maximum absolute atomic E-state index is 11.5. The highest BCUT2D eigenvalue weighted by atomic mass is 16.6. The summed E-state index contributed by atoms with van der Waals surface area (Å²) in [6.45, 7) is 17.1. The molecule has 13 heteroatoms. The number of fused-ring (bicyclic) bond motifs is 2. The number of aliphatic hydroxyl groups excluding tert-OH is 1. The van der Waals surface area contributed by atoms with Crippen LogP contribution < -0.4 is 37.1 Å². The van der Waals surface area contributed by atoms with E-state index in [1.54, 1.807) is 19.1 Å². The monoisotopic (exact) mass is 709 g/mol. The minimum absolute atomic E-state index is 0.150. The van der Waals surface area contributed by atoms with Crippen molar-refractivity contribution in [2.24, 2.45) is 5.73 Å². The van der Waals surface area contributed by atoms with Gasteiger partial charge in [0.2, 0.25) is 5.91 Å². The summed E-state index contributed by atoms with van der Waals surface area (Å²) < 4.78 is 26.7. The molecule has 0 aliphatic heterocycles. The van der Waals surface area contributed by atoms with E-state index in [1.807, 2.05) is 58.9 Å². The number of amides is 2. The van der Waals surface area contributed by atoms with Crippen LogP contribution in [0.1, 0.15) is 58.1 Å². The lowest BCUT2D eigenvalue weighted by molar-refractivity contribution is -0.117. The first-order chi connectivity index (χ1) is 24.1. The lowest BCUT2D eigenvalue weighted by atomic mass is 10.1. The summed E-state index contributed by atoms with van der Waals surface area (Å²) in [5.74, 6) is 1.10. The molecule has 0 spiro atoms. The summed E-state index contributed by atoms with van der Waals surface area (Å²) >= 11 is 0. The van der Waals surface area contributed by atoms with Crippen molar-refractivity contribution in [3.63, 3.8) is 0 Å². The molecule has 278 valence electrons. The SMILES string of the molecule is C=C(C)C(=O)NCCCOc1ccc2c(C)cc(=O)oc2c1.Cc1cc(=O)oc2cc(OCCCNC(=O)OC(C)(C)C)ccc12.NCCCO. The van der Waals surface area contributed by atoms with Gasteiger partial charge in [0.25, 0.3) is 0 Å². The molecule has 2 amide bonds. The molecule has 4 aromatic rings. The van der Waals surface area contributed by atoms with E-state index in [9.17, 15) is 19.2 Å². The van der Waals surface area contributed by atoms with E-state index in [-0.39, 0.29) is 23.8 Å². The predicted octanol–water partition coefficient (Wildman–Crippen LogP) is 5.29. The maximum atomic E-state index is 11.5. The van der Waals surface area contributed by atoms with Crippen LogP contribution in [0.4, 0.5) is 4.79 Å². The molecule has 0 fully saturated rings. The number of alkyl carbamates (subject to hydrolysis) is 1. The molecular weight excluding hydrogens is 658 g/mol. The van der Waals surface area contributed by atoms with Gasteiger partial charge in [-0.05, 0) is 103 Å². The van der Waals surface area contributed by atoms with Gasteiger partial charge in [-0.2, -0.15) is 0 Å². The summed E-state index contributed by atoms with van der Waals surface area (Å²) in [6.07, 6.45) is 1.59. The third-order valence-corrected chi connectivity index (χ3v) is 6.73. The van der Waals surface area contributed by atoms with Crippen LogP contribution in [0, 0.1) is 13.8 Å². The lowest BCUT2D eigenvalue weighted by Crippen LogP contribution is -2.33. The zero-order chi connectivity index (χ0) is 38.0. The molecule has 5 N–H and O–H groups in total. The van der Waals surface area contributed by atoms with Crippen LogP contribution >= 0.6 is 0 Å². The molecule has 0 saturated heterocycles. The van der Waals surface area contributed by atoms with E-state index in [0.717, 1.165) is 28.3 Å². The van der Waals surface area contributed by atoms with Crippen LogP contribution in [-0.4, -0.2) is 62.2 Å². The largest absolute Gasteiger partial charge is 0.493 e. The van der Waals surface area contributed by atoms with E-state index in [2.05, 4.69) is 17.2 Å². The van der Waals surface area contributed by atoms with Crippen molar-refractivity contribution in [1.82, 2.24) is 10.6 Å². The van der Waals surface area contributed by atoms with Gasteiger partial charge in [-0.1, -0.05) is 6.58 Å². The molecule has 13 nitrogen and oxygen atoms in total. The van der Waals surface area contributed by atoms with Crippen LogP contribution in [0.3, 0.4) is 0 Å². The van der Waals surface area contributed by atoms with E-state index in [0.29, 0.717) is 73.9 Å². The van der Waals surface area contributed by atoms with Gasteiger partial charge >= 0.3 is 17.3 Å². The highest BCUT2D eigenvalue weighted by Gasteiger charge is 2.15. The number of hydrogen-bond acceptors (Lipinski definition) is 11. The summed E-state index contributed by atoms with van der Waals surface area (Å²) in [6, 6.07) is 13.7. The number of benzene rings is 2. The van der Waals surface area contributed by atoms with Crippen molar-refractivity contribution in [1.29, 1.82) is 0 Å². The van der Waals surface area contributed by atoms with Gasteiger partial charge < -0.3 is 44.5 Å². The Balaban J connectivity index is 0.000000313. The number of ether oxygens (including phenoxy) is 3. The molecule has 4 rings (SSSR count). The van der Waals surface area contributed by atoms with Crippen LogP contribution in [0.25, 0.3) is 21.9 Å². The number of nitrogens with one attached hydrogen (secondary N) is 2. The molecule has 0 radical (unpaired) electrons. The molecule has 0 aliphatic rings. The van der Waals surface area contributed by atoms with Gasteiger partial charge in [-0.3, -0.25) is 4.79 Å². The standard InChI is InChI=1S/C18H23NO5.C17H19NO4.C3H9NO/c1-12-10-16(20)23-15-11-13(6-7-14(12)15)22-9-5-8-19-17(21)24-18(2,3)4;1-11(2)17(20)18-7-4-8-21-13-5-6-14-12(3)9-16(19)22-15(14)10-13;4-2-1-3-5/h6-7,10-11H,5,8-9H2,1-4H3,(H,19,21);5-6,9-10H,1,4,7-8H2,2-3H3,(H,18,20);5H,1-4H2. The number of hydrogen-bond donors (Lipinski definition) is 4. The number of nitrogens with two attached hydrogens (primary N) is 1. The predicted molar refractivity (Wildman–Crippen MR) is 197 cm³/mol. The van der Waals surface area contributed by atoms with Crippen LogP contribution in [0.15, 0.2) is 79.1 Å². The Morgan fingerprint density at radius 3 is 1.67 bits per heavy atom. The summed E-state index contributed by atoms with van der Waals surface area (Å²) in [5, 5.41) is 15.2. The minimum Gasteiger partial charge on any atom is -0.493 e. The van der Waals surface area contributed by atoms with Crippen molar-refractivity contribution in [2.75, 3.05) is 39.5 Å². The van der Waals surface area contributed by atoms with E-state index >= 15 is 0 Å². The average molecular weight is 710 g/mol. The maximum Gasteiger partial charge on any atom is 0.407 e. The third kappa shape index (κ3) is 16.0. The van der Waals surface area contributed by atoms with Crippen molar-refractivity contribution in [3.8, 4) is 11.5 Å². The summed E-state index contributed by atoms with van der Waals surface area (Å²) in [7, 11) is 0. The number of aliphatic hydroxyl groups is 1. The quantitative estimate of drug-likeness (QED) is 0.0802. The molecule has 2 aromatic heterocycles. The third-order valence-electron chi connectivity index (χ3n) is 6.73. The normalized spacial score (nSPS) is 10.7. The van der Waals surface area contributed by atoms with E-state index in [4.69, 9.17) is 33.9 Å². The van der Waals surface area contributed by atoms with Gasteiger partial charge in [0.15, 0.2) is 0 Å². The second kappa shape index (κ2) is 21.2. The Labute approximate surface area is 297 Å². The molecule has 2 heterocycles. The van der Waals surface area contributed by atoms with E-state index < -0.39 is 11.7 Å². The molecule has 0 aliphatic carbocycles. The lowest BCUT2D eigenvalue weighted by Gasteiger charge is -2.19. The van der Waals surface area contributed by atoms with Crippen LogP contribution in [0.5, 0.6) is 11.5 Å². The van der Waals surface area contributed by atoms with Gasteiger partial charge in [0.1, 0.15) is 28.3 Å². The Morgan fingerprint density at radius 2 is 1.27 bits per heavy atom. The van der Waals surface area contributed by atoms with Crippen LogP contribution in [0.2, 0.25) is 0 Å². The Morgan fingerprint density at radius 1 is 0.804 bits per heavy atom. The molecule has 2 aromatic carbocycles. The van der Waals surface area contributed by atoms with Crippen molar-refractivity contribution >= 4 is 33.9 Å². The molecule has 0 atom stereocenters. The first-order valence-corrected chi connectivity index (χ1v) is 16.7. The molecule has 51 heavy (non-hydrogen) atoms. The molecule has 0 bridgehead atoms. The zero-order valence-electron chi connectivity index (χ0n) is 30.4. The van der Waals surface area contributed by atoms with Crippen molar-refractivity contribution < 1.29 is 37.7 Å². The zero-order valence-corrected chi connectivity index (χ0v) is 30.4. The van der Waals surface area contributed by atoms with Crippen LogP contribution in [-0.2, 0) is 9.53 Å². The number of aryl methyl sites for hydroxylation is 2. The fourth-order valence-corrected chi connectivity index (χ4v) is 4.26. The van der Waals surface area contributed by atoms with Gasteiger partial charge in [0, 0.05) is 60.3 Å². The number of carbonyl (C=O) groups excluding carboxylic acids is 2. The second-order valence-corrected chi connectivity index (χ2v) is 12.5. The summed E-state index contributed by atoms with van der Waals surface area (Å²) in [4.78, 5) is 45.6. The minimum atomic E-state index is -0.506. The Kier molecular flexibility index (Phi) is 17.4. The highest BCUT2D eigenvalue weighted by Crippen LogP contribution is 2.23. The molecule has 0 saturated carbocycles. The fraction of sp³-hybridized carbons (Fsp3) is 0.421. The van der Waals surface area contributed by atoms with Gasteiger partial charge in [-0.15, -0.1) is 0 Å². The number of rotatable bonds is 13. The van der Waals surface area contributed by atoms with Crippen molar-refractivity contribution in [3.05, 3.63) is 92.7 Å². The van der Waals surface area contributed by atoms with Gasteiger partial charge in [0.05, 0.1) is 13.2 Å². The first-order valence-electron chi connectivity index (χ1n) is 16.7. The van der Waals surface area contributed by atoms with E-state index in [1.165, 1.54) is 12.1 Å². The smallest absolute Gasteiger partial charge is 0.407 e. The van der Waals surface area contributed by atoms with Gasteiger partial charge in [-0.25, -0.2) is 14.4 Å². The second-order valence-electron chi connectivity index (χ2n) is 12.5. The van der Waals surface area contributed by atoms with Crippen molar-refractivity contribution in [2.45, 2.75) is 66.4 Å². The topological polar surface area (TPSA) is 193 Å². The molecule has 0 unspecified atom stereocenters. The fourth-order valence-electron chi connectivity index (χ4n) is 4.26.